The van der Waals surface area contributed by atoms with Gasteiger partial charge in [-0.25, -0.2) is 4.98 Å². The van der Waals surface area contributed by atoms with Crippen molar-refractivity contribution in [2.75, 3.05) is 10.6 Å². The van der Waals surface area contributed by atoms with E-state index in [-0.39, 0.29) is 11.3 Å². The average Bonchev–Trinajstić information content (AvgIpc) is 2.62. The molecule has 3 rings (SSSR count). The van der Waals surface area contributed by atoms with Gasteiger partial charge in [0.05, 0.1) is 15.7 Å². The lowest BCUT2D eigenvalue weighted by molar-refractivity contribution is -0.274. The topological polar surface area (TPSA) is 59.1 Å². The SMILES string of the molecule is CC(C)(C)Nc1nc(Nc2ccc(Cl)c(Cl)c2)cc(-c2cccc(OC(F)(F)F)c2)n1. The predicted octanol–water partition coefficient (Wildman–Crippen LogP) is 7.30. The third-order valence-corrected chi connectivity index (χ3v) is 4.51. The van der Waals surface area contributed by atoms with E-state index in [9.17, 15) is 13.2 Å². The number of anilines is 3. The Morgan fingerprint density at radius 1 is 0.903 bits per heavy atom. The quantitative estimate of drug-likeness (QED) is 0.409. The Balaban J connectivity index is 2.01. The number of nitrogens with zero attached hydrogens (tertiary/aromatic N) is 2. The van der Waals surface area contributed by atoms with Crippen LogP contribution in [0.25, 0.3) is 11.3 Å². The van der Waals surface area contributed by atoms with E-state index in [1.54, 1.807) is 30.3 Å². The van der Waals surface area contributed by atoms with Gasteiger partial charge in [0.1, 0.15) is 11.6 Å². The number of aromatic nitrogens is 2. The van der Waals surface area contributed by atoms with Gasteiger partial charge in [0.25, 0.3) is 0 Å². The Bertz CT molecular complexity index is 1080. The van der Waals surface area contributed by atoms with E-state index >= 15 is 0 Å². The molecule has 0 amide bonds. The second kappa shape index (κ2) is 8.80. The highest BCUT2D eigenvalue weighted by atomic mass is 35.5. The number of nitrogens with one attached hydrogen (secondary N) is 2. The molecule has 2 N–H and O–H groups in total. The summed E-state index contributed by atoms with van der Waals surface area (Å²) in [4.78, 5) is 8.91. The second-order valence-electron chi connectivity index (χ2n) is 7.67. The van der Waals surface area contributed by atoms with Gasteiger partial charge in [-0.2, -0.15) is 4.98 Å². The summed E-state index contributed by atoms with van der Waals surface area (Å²) in [5, 5.41) is 7.06. The summed E-state index contributed by atoms with van der Waals surface area (Å²) in [5.74, 6) is 0.375. The van der Waals surface area contributed by atoms with Crippen LogP contribution < -0.4 is 15.4 Å². The fourth-order valence-corrected chi connectivity index (χ4v) is 2.92. The van der Waals surface area contributed by atoms with Crippen molar-refractivity contribution in [1.82, 2.24) is 9.97 Å². The van der Waals surface area contributed by atoms with Gasteiger partial charge in [0.15, 0.2) is 0 Å². The van der Waals surface area contributed by atoms with Crippen molar-refractivity contribution in [3.63, 3.8) is 0 Å². The summed E-state index contributed by atoms with van der Waals surface area (Å²) >= 11 is 12.0. The number of ether oxygens (including phenoxy) is 1. The number of halogens is 5. The standard InChI is InChI=1S/C21H19Cl2F3N4O/c1-20(2,3)30-19-28-17(12-5-4-6-14(9-12)31-21(24,25)26)11-18(29-19)27-13-7-8-15(22)16(23)10-13/h4-11H,1-3H3,(H2,27,28,29,30). The molecule has 0 aliphatic heterocycles. The predicted molar refractivity (Wildman–Crippen MR) is 117 cm³/mol. The molecule has 0 atom stereocenters. The van der Waals surface area contributed by atoms with Crippen molar-refractivity contribution in [3.8, 4) is 17.0 Å². The van der Waals surface area contributed by atoms with Crippen LogP contribution in [0.2, 0.25) is 10.0 Å². The smallest absolute Gasteiger partial charge is 0.406 e. The molecule has 0 spiro atoms. The zero-order valence-electron chi connectivity index (χ0n) is 16.8. The summed E-state index contributed by atoms with van der Waals surface area (Å²) < 4.78 is 41.8. The highest BCUT2D eigenvalue weighted by Gasteiger charge is 2.31. The van der Waals surface area contributed by atoms with Crippen LogP contribution in [0, 0.1) is 0 Å². The van der Waals surface area contributed by atoms with Crippen molar-refractivity contribution in [1.29, 1.82) is 0 Å². The van der Waals surface area contributed by atoms with E-state index in [1.807, 2.05) is 20.8 Å². The summed E-state index contributed by atoms with van der Waals surface area (Å²) in [6.07, 6.45) is -4.79. The molecular weight excluding hydrogens is 452 g/mol. The van der Waals surface area contributed by atoms with Gasteiger partial charge in [-0.15, -0.1) is 13.2 Å². The Morgan fingerprint density at radius 3 is 2.29 bits per heavy atom. The highest BCUT2D eigenvalue weighted by Crippen LogP contribution is 2.31. The van der Waals surface area contributed by atoms with Gasteiger partial charge >= 0.3 is 6.36 Å². The molecule has 1 heterocycles. The molecule has 10 heteroatoms. The molecule has 0 bridgehead atoms. The number of rotatable bonds is 5. The maximum Gasteiger partial charge on any atom is 0.573 e. The third-order valence-electron chi connectivity index (χ3n) is 3.77. The van der Waals surface area contributed by atoms with Crippen LogP contribution in [-0.4, -0.2) is 21.9 Å². The minimum absolute atomic E-state index is 0.301. The molecule has 0 fully saturated rings. The van der Waals surface area contributed by atoms with Crippen molar-refractivity contribution < 1.29 is 17.9 Å². The summed E-state index contributed by atoms with van der Waals surface area (Å²) in [6, 6.07) is 12.2. The molecular formula is C21H19Cl2F3N4O. The zero-order chi connectivity index (χ0) is 22.8. The number of hydrogen-bond acceptors (Lipinski definition) is 5. The molecule has 164 valence electrons. The van der Waals surface area contributed by atoms with E-state index in [2.05, 4.69) is 25.3 Å². The minimum Gasteiger partial charge on any atom is -0.406 e. The lowest BCUT2D eigenvalue weighted by atomic mass is 10.1. The molecule has 0 unspecified atom stereocenters. The third kappa shape index (κ3) is 6.90. The molecule has 5 nitrogen and oxygen atoms in total. The van der Waals surface area contributed by atoms with Gasteiger partial charge in [-0.3, -0.25) is 0 Å². The Labute approximate surface area is 187 Å². The van der Waals surface area contributed by atoms with Crippen molar-refractivity contribution >= 4 is 40.7 Å². The van der Waals surface area contributed by atoms with Crippen LogP contribution in [0.3, 0.4) is 0 Å². The van der Waals surface area contributed by atoms with Gasteiger partial charge in [0.2, 0.25) is 5.95 Å². The van der Waals surface area contributed by atoms with Gasteiger partial charge in [-0.1, -0.05) is 35.3 Å². The van der Waals surface area contributed by atoms with Crippen LogP contribution in [0.15, 0.2) is 48.5 Å². The van der Waals surface area contributed by atoms with E-state index in [1.165, 1.54) is 18.2 Å². The first-order valence-electron chi connectivity index (χ1n) is 9.13. The van der Waals surface area contributed by atoms with E-state index in [0.717, 1.165) is 0 Å². The van der Waals surface area contributed by atoms with E-state index < -0.39 is 6.36 Å². The molecule has 0 saturated carbocycles. The molecule has 0 aliphatic rings. The monoisotopic (exact) mass is 470 g/mol. The van der Waals surface area contributed by atoms with Gasteiger partial charge in [0, 0.05) is 22.9 Å². The fraction of sp³-hybridized carbons (Fsp3) is 0.238. The molecule has 3 aromatic rings. The van der Waals surface area contributed by atoms with Crippen LogP contribution in [0.4, 0.5) is 30.6 Å². The lowest BCUT2D eigenvalue weighted by Crippen LogP contribution is -2.27. The van der Waals surface area contributed by atoms with Crippen LogP contribution in [0.1, 0.15) is 20.8 Å². The number of benzene rings is 2. The molecule has 0 radical (unpaired) electrons. The molecule has 0 aliphatic carbocycles. The summed E-state index contributed by atoms with van der Waals surface area (Å²) in [5.41, 5.74) is 1.12. The Morgan fingerprint density at radius 2 is 1.65 bits per heavy atom. The molecule has 0 saturated heterocycles. The van der Waals surface area contributed by atoms with E-state index in [0.29, 0.717) is 38.8 Å². The second-order valence-corrected chi connectivity index (χ2v) is 8.48. The van der Waals surface area contributed by atoms with Gasteiger partial charge < -0.3 is 15.4 Å². The molecule has 2 aromatic carbocycles. The largest absolute Gasteiger partial charge is 0.573 e. The first-order chi connectivity index (χ1) is 14.4. The highest BCUT2D eigenvalue weighted by molar-refractivity contribution is 6.42. The van der Waals surface area contributed by atoms with Crippen molar-refractivity contribution in [2.24, 2.45) is 0 Å². The first-order valence-corrected chi connectivity index (χ1v) is 9.89. The first kappa shape index (κ1) is 23.0. The lowest BCUT2D eigenvalue weighted by Gasteiger charge is -2.21. The summed E-state index contributed by atoms with van der Waals surface area (Å²) in [6.45, 7) is 5.81. The fourth-order valence-electron chi connectivity index (χ4n) is 2.62. The number of alkyl halides is 3. The zero-order valence-corrected chi connectivity index (χ0v) is 18.3. The van der Waals surface area contributed by atoms with Crippen LogP contribution in [0.5, 0.6) is 5.75 Å². The maximum absolute atomic E-state index is 12.6. The Kier molecular flexibility index (Phi) is 6.52. The van der Waals surface area contributed by atoms with Crippen LogP contribution >= 0.6 is 23.2 Å². The van der Waals surface area contributed by atoms with Crippen LogP contribution in [-0.2, 0) is 0 Å². The van der Waals surface area contributed by atoms with Crippen molar-refractivity contribution in [3.05, 3.63) is 58.6 Å². The van der Waals surface area contributed by atoms with Crippen molar-refractivity contribution in [2.45, 2.75) is 32.7 Å². The number of hydrogen-bond donors (Lipinski definition) is 2. The Hall–Kier alpha value is -2.71. The van der Waals surface area contributed by atoms with Gasteiger partial charge in [-0.05, 0) is 51.1 Å². The molecule has 31 heavy (non-hydrogen) atoms. The van der Waals surface area contributed by atoms with E-state index in [4.69, 9.17) is 23.2 Å². The molecule has 1 aromatic heterocycles. The average molecular weight is 471 g/mol. The normalized spacial score (nSPS) is 11.9. The summed E-state index contributed by atoms with van der Waals surface area (Å²) in [7, 11) is 0. The minimum atomic E-state index is -4.79. The maximum atomic E-state index is 12.6.